The smallest absolute Gasteiger partial charge is 0.193 e. The van der Waals surface area contributed by atoms with Crippen LogP contribution < -0.4 is 19.7 Å². The number of pyridine rings is 1. The first kappa shape index (κ1) is 23.7. The van der Waals surface area contributed by atoms with Crippen molar-refractivity contribution in [3.05, 3.63) is 47.7 Å². The van der Waals surface area contributed by atoms with Crippen LogP contribution in [0.25, 0.3) is 0 Å². The van der Waals surface area contributed by atoms with E-state index in [0.717, 1.165) is 55.9 Å². The Balaban J connectivity index is 1.62. The van der Waals surface area contributed by atoms with E-state index in [4.69, 9.17) is 14.5 Å². The Hall–Kier alpha value is -2.96. The Morgan fingerprint density at radius 2 is 1.84 bits per heavy atom. The largest absolute Gasteiger partial charge is 0.493 e. The lowest BCUT2D eigenvalue weighted by atomic mass is 10.1. The maximum absolute atomic E-state index is 5.43. The van der Waals surface area contributed by atoms with Crippen LogP contribution in [0.5, 0.6) is 11.5 Å². The Labute approximate surface area is 192 Å². The molecule has 32 heavy (non-hydrogen) atoms. The number of hydrogen-bond donors (Lipinski definition) is 1. The van der Waals surface area contributed by atoms with Crippen LogP contribution in [0.4, 0.5) is 5.82 Å². The van der Waals surface area contributed by atoms with Crippen molar-refractivity contribution in [2.24, 2.45) is 4.99 Å². The third kappa shape index (κ3) is 6.52. The number of hydrogen-bond acceptors (Lipinski definition) is 5. The molecule has 0 unspecified atom stereocenters. The average Bonchev–Trinajstić information content (AvgIpc) is 2.85. The molecule has 7 nitrogen and oxygen atoms in total. The molecular weight excluding hydrogens is 402 g/mol. The minimum absolute atomic E-state index is 0.631. The SMILES string of the molecule is CCNC(=NCc1ccnc(N2CCCCC2)c1)N(C)CCc1ccc(OC)c(OC)c1. The second-order valence-corrected chi connectivity index (χ2v) is 8.10. The van der Waals surface area contributed by atoms with Gasteiger partial charge in [0.2, 0.25) is 0 Å². The Morgan fingerprint density at radius 3 is 2.56 bits per heavy atom. The molecule has 0 aliphatic carbocycles. The van der Waals surface area contributed by atoms with E-state index in [-0.39, 0.29) is 0 Å². The molecule has 3 rings (SSSR count). The number of piperidine rings is 1. The summed E-state index contributed by atoms with van der Waals surface area (Å²) in [6.07, 6.45) is 6.61. The van der Waals surface area contributed by atoms with Crippen LogP contribution in [0, 0.1) is 0 Å². The van der Waals surface area contributed by atoms with Crippen molar-refractivity contribution in [2.75, 3.05) is 52.3 Å². The zero-order chi connectivity index (χ0) is 22.8. The first-order valence-electron chi connectivity index (χ1n) is 11.5. The first-order valence-corrected chi connectivity index (χ1v) is 11.5. The van der Waals surface area contributed by atoms with Crippen LogP contribution in [0.3, 0.4) is 0 Å². The maximum atomic E-state index is 5.43. The van der Waals surface area contributed by atoms with Crippen molar-refractivity contribution in [3.63, 3.8) is 0 Å². The Morgan fingerprint density at radius 1 is 1.06 bits per heavy atom. The molecule has 7 heteroatoms. The molecule has 1 N–H and O–H groups in total. The van der Waals surface area contributed by atoms with Gasteiger partial charge >= 0.3 is 0 Å². The molecular formula is C25H37N5O2. The number of aromatic nitrogens is 1. The van der Waals surface area contributed by atoms with Crippen LogP contribution in [0.2, 0.25) is 0 Å². The summed E-state index contributed by atoms with van der Waals surface area (Å²) >= 11 is 0. The molecule has 0 saturated carbocycles. The summed E-state index contributed by atoms with van der Waals surface area (Å²) < 4.78 is 10.8. The van der Waals surface area contributed by atoms with E-state index in [1.807, 2.05) is 18.3 Å². The van der Waals surface area contributed by atoms with Crippen molar-refractivity contribution in [1.82, 2.24) is 15.2 Å². The summed E-state index contributed by atoms with van der Waals surface area (Å²) in [5.41, 5.74) is 2.38. The predicted molar refractivity (Wildman–Crippen MR) is 131 cm³/mol. The number of likely N-dealkylation sites (N-methyl/N-ethyl adjacent to an activating group) is 1. The maximum Gasteiger partial charge on any atom is 0.193 e. The fraction of sp³-hybridized carbons (Fsp3) is 0.520. The van der Waals surface area contributed by atoms with Gasteiger partial charge in [0.1, 0.15) is 5.82 Å². The standard InChI is InChI=1S/C25H37N5O2/c1-5-26-25(29(2)16-12-20-9-10-22(31-3)23(17-20)32-4)28-19-21-11-13-27-24(18-21)30-14-7-6-8-15-30/h9-11,13,17-18H,5-8,12,14-16,19H2,1-4H3,(H,26,28). The monoisotopic (exact) mass is 439 g/mol. The number of aliphatic imine (C=N–C) groups is 1. The van der Waals surface area contributed by atoms with E-state index >= 15 is 0 Å². The Kier molecular flexibility index (Phi) is 9.01. The van der Waals surface area contributed by atoms with Gasteiger partial charge in [0, 0.05) is 39.4 Å². The molecule has 1 aromatic heterocycles. The lowest BCUT2D eigenvalue weighted by Crippen LogP contribution is -2.40. The Bertz CT molecular complexity index is 880. The van der Waals surface area contributed by atoms with Gasteiger partial charge in [-0.1, -0.05) is 6.07 Å². The van der Waals surface area contributed by atoms with Gasteiger partial charge < -0.3 is 24.6 Å². The van der Waals surface area contributed by atoms with Gasteiger partial charge in [-0.3, -0.25) is 0 Å². The van der Waals surface area contributed by atoms with E-state index in [1.54, 1.807) is 14.2 Å². The minimum atomic E-state index is 0.631. The number of rotatable bonds is 9. The van der Waals surface area contributed by atoms with Crippen molar-refractivity contribution in [1.29, 1.82) is 0 Å². The third-order valence-corrected chi connectivity index (χ3v) is 5.78. The molecule has 0 spiro atoms. The highest BCUT2D eigenvalue weighted by Crippen LogP contribution is 2.27. The van der Waals surface area contributed by atoms with Crippen LogP contribution >= 0.6 is 0 Å². The molecule has 1 aromatic carbocycles. The molecule has 0 bridgehead atoms. The number of ether oxygens (including phenoxy) is 2. The zero-order valence-corrected chi connectivity index (χ0v) is 19.9. The summed E-state index contributed by atoms with van der Waals surface area (Å²) in [5.74, 6) is 3.49. The quantitative estimate of drug-likeness (QED) is 0.475. The van der Waals surface area contributed by atoms with Crippen molar-refractivity contribution >= 4 is 11.8 Å². The molecule has 1 saturated heterocycles. The fourth-order valence-electron chi connectivity index (χ4n) is 3.93. The highest BCUT2D eigenvalue weighted by Gasteiger charge is 2.13. The average molecular weight is 440 g/mol. The highest BCUT2D eigenvalue weighted by molar-refractivity contribution is 5.79. The second-order valence-electron chi connectivity index (χ2n) is 8.10. The summed E-state index contributed by atoms with van der Waals surface area (Å²) in [6, 6.07) is 10.3. The summed E-state index contributed by atoms with van der Waals surface area (Å²) in [4.78, 5) is 14.0. The molecule has 0 atom stereocenters. The van der Waals surface area contributed by atoms with Crippen molar-refractivity contribution in [3.8, 4) is 11.5 Å². The van der Waals surface area contributed by atoms with Crippen molar-refractivity contribution in [2.45, 2.75) is 39.2 Å². The van der Waals surface area contributed by atoms with E-state index in [0.29, 0.717) is 6.54 Å². The topological polar surface area (TPSA) is 62.2 Å². The molecule has 1 fully saturated rings. The summed E-state index contributed by atoms with van der Waals surface area (Å²) in [5, 5.41) is 3.41. The molecule has 174 valence electrons. The molecule has 0 radical (unpaired) electrons. The van der Waals surface area contributed by atoms with E-state index < -0.39 is 0 Å². The molecule has 2 heterocycles. The van der Waals surface area contributed by atoms with E-state index in [1.165, 1.54) is 30.4 Å². The lowest BCUT2D eigenvalue weighted by Gasteiger charge is -2.27. The molecule has 0 amide bonds. The minimum Gasteiger partial charge on any atom is -0.493 e. The lowest BCUT2D eigenvalue weighted by molar-refractivity contribution is 0.354. The number of guanidine groups is 1. The van der Waals surface area contributed by atoms with Gasteiger partial charge in [-0.05, 0) is 68.0 Å². The van der Waals surface area contributed by atoms with Gasteiger partial charge in [-0.15, -0.1) is 0 Å². The first-order chi connectivity index (χ1) is 15.6. The highest BCUT2D eigenvalue weighted by atomic mass is 16.5. The number of benzene rings is 1. The van der Waals surface area contributed by atoms with Gasteiger partial charge in [0.15, 0.2) is 17.5 Å². The zero-order valence-electron chi connectivity index (χ0n) is 19.9. The molecule has 1 aliphatic heterocycles. The fourth-order valence-corrected chi connectivity index (χ4v) is 3.93. The number of methoxy groups -OCH3 is 2. The van der Waals surface area contributed by atoms with E-state index in [9.17, 15) is 0 Å². The normalized spacial score (nSPS) is 14.2. The van der Waals surface area contributed by atoms with Crippen LogP contribution in [-0.2, 0) is 13.0 Å². The third-order valence-electron chi connectivity index (χ3n) is 5.78. The van der Waals surface area contributed by atoms with Crippen molar-refractivity contribution < 1.29 is 9.47 Å². The predicted octanol–water partition coefficient (Wildman–Crippen LogP) is 3.73. The van der Waals surface area contributed by atoms with E-state index in [2.05, 4.69) is 52.3 Å². The molecule has 2 aromatic rings. The second kappa shape index (κ2) is 12.2. The van der Waals surface area contributed by atoms with Gasteiger partial charge in [0.05, 0.1) is 20.8 Å². The molecule has 1 aliphatic rings. The number of nitrogens with zero attached hydrogens (tertiary/aromatic N) is 4. The van der Waals surface area contributed by atoms with Gasteiger partial charge in [-0.25, -0.2) is 9.98 Å². The number of nitrogens with one attached hydrogen (secondary N) is 1. The van der Waals surface area contributed by atoms with Gasteiger partial charge in [-0.2, -0.15) is 0 Å². The van der Waals surface area contributed by atoms with Crippen LogP contribution in [-0.4, -0.2) is 63.3 Å². The van der Waals surface area contributed by atoms with Gasteiger partial charge in [0.25, 0.3) is 0 Å². The van der Waals surface area contributed by atoms with Crippen LogP contribution in [0.15, 0.2) is 41.5 Å². The number of anilines is 1. The summed E-state index contributed by atoms with van der Waals surface area (Å²) in [6.45, 7) is 6.60. The summed E-state index contributed by atoms with van der Waals surface area (Å²) in [7, 11) is 5.40. The van der Waals surface area contributed by atoms with Crippen LogP contribution in [0.1, 0.15) is 37.3 Å².